The molecule has 28 heavy (non-hydrogen) atoms. The van der Waals surface area contributed by atoms with E-state index in [1.54, 1.807) is 43.3 Å². The number of nitrogens with zero attached hydrogens (tertiary/aromatic N) is 1. The normalized spacial score (nSPS) is 16.6. The van der Waals surface area contributed by atoms with Gasteiger partial charge < -0.3 is 9.84 Å². The maximum absolute atomic E-state index is 13.1. The van der Waals surface area contributed by atoms with E-state index in [1.807, 2.05) is 0 Å². The molecule has 0 atom stereocenters. The van der Waals surface area contributed by atoms with Crippen LogP contribution in [0.3, 0.4) is 0 Å². The number of aliphatic hydroxyl groups excluding tert-OH is 1. The number of hydrogen-bond donors (Lipinski definition) is 1. The van der Waals surface area contributed by atoms with E-state index >= 15 is 0 Å². The van der Waals surface area contributed by atoms with E-state index in [4.69, 9.17) is 4.74 Å². The van der Waals surface area contributed by atoms with Crippen molar-refractivity contribution >= 4 is 34.8 Å². The van der Waals surface area contributed by atoms with E-state index in [9.17, 15) is 19.1 Å². The fraction of sp³-hybridized carbons (Fsp3) is 0.0952. The van der Waals surface area contributed by atoms with Gasteiger partial charge in [0, 0.05) is 5.56 Å². The number of aliphatic hydroxyl groups is 1. The predicted molar refractivity (Wildman–Crippen MR) is 106 cm³/mol. The highest BCUT2D eigenvalue weighted by Crippen LogP contribution is 2.39. The van der Waals surface area contributed by atoms with Crippen molar-refractivity contribution in [3.05, 3.63) is 87.8 Å². The zero-order chi connectivity index (χ0) is 20.1. The number of rotatable bonds is 4. The summed E-state index contributed by atoms with van der Waals surface area (Å²) in [4.78, 5) is 29.0. The van der Waals surface area contributed by atoms with Crippen LogP contribution in [-0.4, -0.2) is 28.6 Å². The Balaban J connectivity index is 2.00. The number of hydrogen-bond acceptors (Lipinski definition) is 5. The fourth-order valence-corrected chi connectivity index (χ4v) is 3.45. The van der Waals surface area contributed by atoms with E-state index in [0.29, 0.717) is 16.0 Å². The van der Waals surface area contributed by atoms with Gasteiger partial charge in [-0.2, -0.15) is 0 Å². The third kappa shape index (κ3) is 4.37. The highest BCUT2D eigenvalue weighted by atomic mass is 32.2. The summed E-state index contributed by atoms with van der Waals surface area (Å²) in [6, 6.07) is 14.0. The van der Waals surface area contributed by atoms with Crippen LogP contribution in [0.5, 0.6) is 0 Å². The lowest BCUT2D eigenvalue weighted by Crippen LogP contribution is -2.14. The van der Waals surface area contributed by atoms with Crippen LogP contribution in [0, 0.1) is 5.82 Å². The maximum Gasteiger partial charge on any atom is 0.344 e. The van der Waals surface area contributed by atoms with Gasteiger partial charge in [-0.3, -0.25) is 4.79 Å². The van der Waals surface area contributed by atoms with E-state index in [2.05, 4.69) is 4.99 Å². The van der Waals surface area contributed by atoms with Crippen molar-refractivity contribution < 1.29 is 23.8 Å². The van der Waals surface area contributed by atoms with Gasteiger partial charge in [-0.15, -0.1) is 0 Å². The number of amides is 1. The van der Waals surface area contributed by atoms with Crippen LogP contribution in [0.4, 0.5) is 4.39 Å². The topological polar surface area (TPSA) is 76.0 Å². The van der Waals surface area contributed by atoms with Gasteiger partial charge in [0.25, 0.3) is 5.91 Å². The lowest BCUT2D eigenvalue weighted by molar-refractivity contribution is -0.138. The van der Waals surface area contributed by atoms with Crippen LogP contribution in [0.2, 0.25) is 0 Å². The van der Waals surface area contributed by atoms with E-state index < -0.39 is 11.9 Å². The largest absolute Gasteiger partial charge is 0.506 e. The van der Waals surface area contributed by atoms with Crippen molar-refractivity contribution in [3.63, 3.8) is 0 Å². The number of halogens is 1. The summed E-state index contributed by atoms with van der Waals surface area (Å²) in [5.74, 6) is -2.02. The Labute approximate surface area is 165 Å². The minimum absolute atomic E-state index is 0.0539. The highest BCUT2D eigenvalue weighted by Gasteiger charge is 2.33. The third-order valence-electron chi connectivity index (χ3n) is 3.76. The molecule has 0 saturated heterocycles. The summed E-state index contributed by atoms with van der Waals surface area (Å²) < 4.78 is 18.1. The molecule has 1 heterocycles. The van der Waals surface area contributed by atoms with Crippen LogP contribution in [0.1, 0.15) is 22.8 Å². The van der Waals surface area contributed by atoms with Gasteiger partial charge in [-0.05, 0) is 42.8 Å². The van der Waals surface area contributed by atoms with Crippen molar-refractivity contribution in [1.29, 1.82) is 0 Å². The summed E-state index contributed by atoms with van der Waals surface area (Å²) in [6.07, 6.45) is 1.58. The summed E-state index contributed by atoms with van der Waals surface area (Å²) in [5.41, 5.74) is 0.813. The van der Waals surface area contributed by atoms with Crippen molar-refractivity contribution in [3.8, 4) is 0 Å². The minimum Gasteiger partial charge on any atom is -0.506 e. The first-order valence-electron chi connectivity index (χ1n) is 8.44. The van der Waals surface area contributed by atoms with Crippen LogP contribution in [0.25, 0.3) is 6.08 Å². The summed E-state index contributed by atoms with van der Waals surface area (Å²) in [5, 5.41) is 10.6. The van der Waals surface area contributed by atoms with Gasteiger partial charge >= 0.3 is 5.97 Å². The predicted octanol–water partition coefficient (Wildman–Crippen LogP) is 4.53. The maximum atomic E-state index is 13.1. The summed E-state index contributed by atoms with van der Waals surface area (Å²) in [6.45, 7) is 1.75. The molecule has 0 radical (unpaired) electrons. The monoisotopic (exact) mass is 397 g/mol. The van der Waals surface area contributed by atoms with E-state index in [-0.39, 0.29) is 28.8 Å². The number of carbonyl (C=O) groups is 2. The standard InChI is InChI=1S/C21H16FNO4S/c1-2-27-21(26)17-18(24)16(12-13-8-10-15(22)11-9-13)28-20(17)23-19(25)14-6-4-3-5-7-14/h3-12,24H,2H2,1H3/b16-12-,23-20?. The Kier molecular flexibility index (Phi) is 6.06. The fourth-order valence-electron chi connectivity index (χ4n) is 2.44. The quantitative estimate of drug-likeness (QED) is 0.768. The Hall–Kier alpha value is -3.19. The number of benzene rings is 2. The molecule has 0 fully saturated rings. The zero-order valence-corrected chi connectivity index (χ0v) is 15.7. The molecule has 2 aromatic rings. The Morgan fingerprint density at radius 2 is 1.82 bits per heavy atom. The molecule has 1 N–H and O–H groups in total. The first-order chi connectivity index (χ1) is 13.5. The SMILES string of the molecule is CCOC(=O)C1=C(O)/C(=C/c2ccc(F)cc2)SC1=NC(=O)c1ccccc1. The molecule has 7 heteroatoms. The van der Waals surface area contributed by atoms with E-state index in [1.165, 1.54) is 24.3 Å². The molecule has 1 amide bonds. The number of carbonyl (C=O) groups excluding carboxylic acids is 2. The summed E-state index contributed by atoms with van der Waals surface area (Å²) >= 11 is 0.975. The van der Waals surface area contributed by atoms with Crippen LogP contribution < -0.4 is 0 Å². The van der Waals surface area contributed by atoms with Crippen molar-refractivity contribution in [1.82, 2.24) is 0 Å². The van der Waals surface area contributed by atoms with Crippen LogP contribution >= 0.6 is 11.8 Å². The van der Waals surface area contributed by atoms with Gasteiger partial charge in [0.1, 0.15) is 22.2 Å². The van der Waals surface area contributed by atoms with Gasteiger partial charge in [-0.25, -0.2) is 14.2 Å². The van der Waals surface area contributed by atoms with Gasteiger partial charge in [-0.1, -0.05) is 42.1 Å². The van der Waals surface area contributed by atoms with Crippen LogP contribution in [0.15, 0.2) is 75.8 Å². The second-order valence-corrected chi connectivity index (χ2v) is 6.73. The molecule has 0 aromatic heterocycles. The number of esters is 1. The minimum atomic E-state index is -0.769. The molecule has 0 unspecified atom stereocenters. The Morgan fingerprint density at radius 3 is 2.46 bits per heavy atom. The molecule has 0 aliphatic carbocycles. The van der Waals surface area contributed by atoms with Gasteiger partial charge in [0.05, 0.1) is 11.5 Å². The lowest BCUT2D eigenvalue weighted by Gasteiger charge is -2.03. The number of thioether (sulfide) groups is 1. The zero-order valence-electron chi connectivity index (χ0n) is 14.9. The molecule has 3 rings (SSSR count). The molecular weight excluding hydrogens is 381 g/mol. The second-order valence-electron chi connectivity index (χ2n) is 5.69. The Bertz CT molecular complexity index is 995. The van der Waals surface area contributed by atoms with E-state index in [0.717, 1.165) is 11.8 Å². The molecule has 1 aliphatic rings. The van der Waals surface area contributed by atoms with Crippen LogP contribution in [-0.2, 0) is 9.53 Å². The molecule has 5 nitrogen and oxygen atoms in total. The molecule has 0 saturated carbocycles. The smallest absolute Gasteiger partial charge is 0.344 e. The number of ether oxygens (including phenoxy) is 1. The lowest BCUT2D eigenvalue weighted by atomic mass is 10.1. The number of aliphatic imine (C=N–C) groups is 1. The highest BCUT2D eigenvalue weighted by molar-refractivity contribution is 8.18. The molecule has 142 valence electrons. The average molecular weight is 397 g/mol. The molecule has 2 aromatic carbocycles. The molecular formula is C21H16FNO4S. The Morgan fingerprint density at radius 1 is 1.14 bits per heavy atom. The van der Waals surface area contributed by atoms with Gasteiger partial charge in [0.2, 0.25) is 0 Å². The molecule has 0 spiro atoms. The van der Waals surface area contributed by atoms with Crippen molar-refractivity contribution in [2.45, 2.75) is 6.92 Å². The van der Waals surface area contributed by atoms with Crippen molar-refractivity contribution in [2.24, 2.45) is 4.99 Å². The molecule has 1 aliphatic heterocycles. The summed E-state index contributed by atoms with van der Waals surface area (Å²) in [7, 11) is 0. The first kappa shape index (κ1) is 19.6. The van der Waals surface area contributed by atoms with Gasteiger partial charge in [0.15, 0.2) is 0 Å². The second kappa shape index (κ2) is 8.67. The van der Waals surface area contributed by atoms with Crippen molar-refractivity contribution in [2.75, 3.05) is 6.61 Å². The third-order valence-corrected chi connectivity index (χ3v) is 4.78. The average Bonchev–Trinajstić information content (AvgIpc) is 2.99. The molecule has 0 bridgehead atoms. The first-order valence-corrected chi connectivity index (χ1v) is 9.25.